The normalized spacial score (nSPS) is 17.0. The van der Waals surface area contributed by atoms with Crippen molar-refractivity contribution in [3.05, 3.63) is 59.8 Å². The number of rotatable bonds is 7. The van der Waals surface area contributed by atoms with Crippen LogP contribution in [0.5, 0.6) is 0 Å². The van der Waals surface area contributed by atoms with Gasteiger partial charge in [-0.05, 0) is 42.7 Å². The van der Waals surface area contributed by atoms with Crippen LogP contribution in [-0.2, 0) is 4.79 Å². The number of nitrogens with zero attached hydrogens (tertiary/aromatic N) is 5. The lowest BCUT2D eigenvalue weighted by Gasteiger charge is -2.24. The van der Waals surface area contributed by atoms with E-state index in [9.17, 15) is 9.59 Å². The number of carbonyl (C=O) groups is 2. The Balaban J connectivity index is 1.55. The molecule has 4 rings (SSSR count). The zero-order valence-electron chi connectivity index (χ0n) is 18.0. The predicted octanol–water partition coefficient (Wildman–Crippen LogP) is 3.96. The standard InChI is InChI=1S/C22H24ClN7O2/c1-4-16(17-11-29(12-25-17)15-7-5-14(23)6-8-15)26-21-24-10-9-18(27-21)30-19(13(2)3)20(31)28-22(30)32/h5-13,16,19H,4H2,1-3H3,(H,24,26,27)(H,28,31,32). The number of aromatic nitrogens is 4. The van der Waals surface area contributed by atoms with E-state index >= 15 is 0 Å². The Morgan fingerprint density at radius 3 is 2.59 bits per heavy atom. The van der Waals surface area contributed by atoms with Crippen molar-refractivity contribution in [3.63, 3.8) is 0 Å². The SMILES string of the molecule is CCC(Nc1nccc(N2C(=O)NC(=O)C2C(C)C)n1)c1cn(-c2ccc(Cl)cc2)cn1. The summed E-state index contributed by atoms with van der Waals surface area (Å²) in [5.41, 5.74) is 1.77. The van der Waals surface area contributed by atoms with Crippen molar-refractivity contribution >= 4 is 35.3 Å². The number of benzene rings is 1. The van der Waals surface area contributed by atoms with Crippen molar-refractivity contribution in [2.45, 2.75) is 39.3 Å². The Hall–Kier alpha value is -3.46. The van der Waals surface area contributed by atoms with Crippen molar-refractivity contribution in [3.8, 4) is 5.69 Å². The average molecular weight is 454 g/mol. The second-order valence-corrected chi connectivity index (χ2v) is 8.32. The van der Waals surface area contributed by atoms with Gasteiger partial charge in [0.15, 0.2) is 0 Å². The van der Waals surface area contributed by atoms with Gasteiger partial charge in [0.25, 0.3) is 5.91 Å². The molecule has 0 bridgehead atoms. The molecule has 3 heterocycles. The van der Waals surface area contributed by atoms with Crippen LogP contribution in [0.3, 0.4) is 0 Å². The van der Waals surface area contributed by atoms with Gasteiger partial charge >= 0.3 is 6.03 Å². The number of nitrogens with one attached hydrogen (secondary N) is 2. The summed E-state index contributed by atoms with van der Waals surface area (Å²) < 4.78 is 1.92. The zero-order chi connectivity index (χ0) is 22.8. The molecule has 2 aromatic heterocycles. The van der Waals surface area contributed by atoms with Gasteiger partial charge in [-0.1, -0.05) is 32.4 Å². The number of hydrogen-bond donors (Lipinski definition) is 2. The van der Waals surface area contributed by atoms with Gasteiger partial charge in [-0.2, -0.15) is 4.98 Å². The molecule has 1 aromatic carbocycles. The quantitative estimate of drug-likeness (QED) is 0.524. The molecule has 10 heteroatoms. The van der Waals surface area contributed by atoms with Crippen LogP contribution < -0.4 is 15.5 Å². The summed E-state index contributed by atoms with van der Waals surface area (Å²) in [4.78, 5) is 39.3. The van der Waals surface area contributed by atoms with Crippen LogP contribution in [0, 0.1) is 5.92 Å². The highest BCUT2D eigenvalue weighted by molar-refractivity contribution is 6.30. The van der Waals surface area contributed by atoms with E-state index in [0.717, 1.165) is 17.8 Å². The molecule has 2 N–H and O–H groups in total. The molecule has 166 valence electrons. The minimum Gasteiger partial charge on any atom is -0.346 e. The van der Waals surface area contributed by atoms with E-state index in [1.165, 1.54) is 4.90 Å². The second-order valence-electron chi connectivity index (χ2n) is 7.88. The molecular weight excluding hydrogens is 430 g/mol. The van der Waals surface area contributed by atoms with E-state index in [1.54, 1.807) is 18.6 Å². The first-order valence-electron chi connectivity index (χ1n) is 10.4. The second kappa shape index (κ2) is 8.96. The minimum absolute atomic E-state index is 0.0620. The molecule has 1 aliphatic heterocycles. The topological polar surface area (TPSA) is 105 Å². The van der Waals surface area contributed by atoms with Crippen LogP contribution in [0.15, 0.2) is 49.1 Å². The number of halogens is 1. The summed E-state index contributed by atoms with van der Waals surface area (Å²) in [6.07, 6.45) is 5.99. The third-order valence-electron chi connectivity index (χ3n) is 5.31. The van der Waals surface area contributed by atoms with E-state index in [1.807, 2.05) is 55.8 Å². The lowest BCUT2D eigenvalue weighted by atomic mass is 10.0. The van der Waals surface area contributed by atoms with Crippen LogP contribution in [0.25, 0.3) is 5.69 Å². The maximum atomic E-state index is 12.4. The molecule has 0 aliphatic carbocycles. The van der Waals surface area contributed by atoms with Crippen LogP contribution in [0.4, 0.5) is 16.6 Å². The van der Waals surface area contributed by atoms with E-state index < -0.39 is 12.1 Å². The number of imidazole rings is 1. The first-order valence-corrected chi connectivity index (χ1v) is 10.8. The zero-order valence-corrected chi connectivity index (χ0v) is 18.7. The summed E-state index contributed by atoms with van der Waals surface area (Å²) in [5.74, 6) is 0.335. The summed E-state index contributed by atoms with van der Waals surface area (Å²) in [6.45, 7) is 5.81. The highest BCUT2D eigenvalue weighted by atomic mass is 35.5. The molecule has 0 saturated carbocycles. The molecule has 1 fully saturated rings. The lowest BCUT2D eigenvalue weighted by molar-refractivity contribution is -0.120. The largest absolute Gasteiger partial charge is 0.346 e. The van der Waals surface area contributed by atoms with Gasteiger partial charge in [-0.25, -0.2) is 14.8 Å². The number of hydrogen-bond acceptors (Lipinski definition) is 6. The summed E-state index contributed by atoms with van der Waals surface area (Å²) in [7, 11) is 0. The third kappa shape index (κ3) is 4.29. The fraction of sp³-hybridized carbons (Fsp3) is 0.318. The molecule has 3 amide bonds. The Kier molecular flexibility index (Phi) is 6.09. The molecule has 0 radical (unpaired) electrons. The average Bonchev–Trinajstić information content (AvgIpc) is 3.37. The third-order valence-corrected chi connectivity index (χ3v) is 5.56. The highest BCUT2D eigenvalue weighted by Crippen LogP contribution is 2.26. The molecule has 3 aromatic rings. The van der Waals surface area contributed by atoms with Crippen LogP contribution >= 0.6 is 11.6 Å². The van der Waals surface area contributed by atoms with E-state index in [2.05, 4.69) is 25.6 Å². The molecule has 1 saturated heterocycles. The monoisotopic (exact) mass is 453 g/mol. The number of imide groups is 1. The Morgan fingerprint density at radius 2 is 1.91 bits per heavy atom. The van der Waals surface area contributed by atoms with Gasteiger partial charge in [0.2, 0.25) is 5.95 Å². The molecule has 9 nitrogen and oxygen atoms in total. The molecule has 1 aliphatic rings. The van der Waals surface area contributed by atoms with Gasteiger partial charge in [0, 0.05) is 23.1 Å². The van der Waals surface area contributed by atoms with E-state index in [4.69, 9.17) is 11.6 Å². The number of amides is 3. The predicted molar refractivity (Wildman–Crippen MR) is 122 cm³/mol. The molecule has 0 spiro atoms. The maximum absolute atomic E-state index is 12.4. The minimum atomic E-state index is -0.609. The van der Waals surface area contributed by atoms with Gasteiger partial charge in [-0.3, -0.25) is 15.0 Å². The molecule has 2 unspecified atom stereocenters. The maximum Gasteiger partial charge on any atom is 0.330 e. The van der Waals surface area contributed by atoms with E-state index in [0.29, 0.717) is 16.8 Å². The van der Waals surface area contributed by atoms with E-state index in [-0.39, 0.29) is 17.9 Å². The van der Waals surface area contributed by atoms with Crippen LogP contribution in [0.2, 0.25) is 5.02 Å². The van der Waals surface area contributed by atoms with Crippen LogP contribution in [-0.4, -0.2) is 37.5 Å². The smallest absolute Gasteiger partial charge is 0.330 e. The molecule has 2 atom stereocenters. The van der Waals surface area contributed by atoms with Gasteiger partial charge in [-0.15, -0.1) is 0 Å². The summed E-state index contributed by atoms with van der Waals surface area (Å²) in [5, 5.41) is 6.33. The number of urea groups is 1. The number of carbonyl (C=O) groups excluding carboxylic acids is 2. The fourth-order valence-electron chi connectivity index (χ4n) is 3.70. The van der Waals surface area contributed by atoms with Crippen LogP contribution in [0.1, 0.15) is 38.9 Å². The fourth-order valence-corrected chi connectivity index (χ4v) is 3.82. The Bertz CT molecular complexity index is 1130. The highest BCUT2D eigenvalue weighted by Gasteiger charge is 2.42. The van der Waals surface area contributed by atoms with Crippen molar-refractivity contribution in [1.82, 2.24) is 24.8 Å². The summed E-state index contributed by atoms with van der Waals surface area (Å²) >= 11 is 5.97. The van der Waals surface area contributed by atoms with Crippen molar-refractivity contribution in [2.75, 3.05) is 10.2 Å². The van der Waals surface area contributed by atoms with Gasteiger partial charge in [0.05, 0.1) is 18.1 Å². The lowest BCUT2D eigenvalue weighted by Crippen LogP contribution is -2.39. The molecular formula is C22H24ClN7O2. The van der Waals surface area contributed by atoms with Gasteiger partial charge in [0.1, 0.15) is 11.9 Å². The summed E-state index contributed by atoms with van der Waals surface area (Å²) in [6, 6.07) is 7.88. The first kappa shape index (κ1) is 21.8. The number of anilines is 2. The van der Waals surface area contributed by atoms with Gasteiger partial charge < -0.3 is 9.88 Å². The Labute approximate surface area is 190 Å². The van der Waals surface area contributed by atoms with Crippen molar-refractivity contribution in [2.24, 2.45) is 5.92 Å². The first-order chi connectivity index (χ1) is 15.4. The Morgan fingerprint density at radius 1 is 1.16 bits per heavy atom. The van der Waals surface area contributed by atoms with Crippen molar-refractivity contribution in [1.29, 1.82) is 0 Å². The molecule has 32 heavy (non-hydrogen) atoms. The van der Waals surface area contributed by atoms with Crippen molar-refractivity contribution < 1.29 is 9.59 Å².